The fourth-order valence-electron chi connectivity index (χ4n) is 4.28. The molecule has 1 aliphatic rings. The molecule has 31 heavy (non-hydrogen) atoms. The van der Waals surface area contributed by atoms with Crippen LogP contribution in [0.2, 0.25) is 5.02 Å². The van der Waals surface area contributed by atoms with Crippen molar-refractivity contribution >= 4 is 34.1 Å². The first-order valence-electron chi connectivity index (χ1n) is 10.3. The zero-order chi connectivity index (χ0) is 21.5. The standard InChI is InChI=1S/C26H20ClFN2O/c1-16-6-7-18-14-20(28)12-13-25(18)30(16)26(31)22-15-24(17-8-10-19(27)11-9-17)29-23-5-3-2-4-21(22)23/h2-5,8-16H,6-7H2,1H3. The van der Waals surface area contributed by atoms with Gasteiger partial charge in [-0.05, 0) is 67.8 Å². The van der Waals surface area contributed by atoms with E-state index in [1.165, 1.54) is 12.1 Å². The summed E-state index contributed by atoms with van der Waals surface area (Å²) in [5.41, 5.74) is 4.57. The molecule has 0 spiro atoms. The van der Waals surface area contributed by atoms with Crippen molar-refractivity contribution in [3.05, 3.63) is 94.8 Å². The molecule has 4 aromatic rings. The molecule has 1 atom stereocenters. The van der Waals surface area contributed by atoms with Crippen LogP contribution in [-0.4, -0.2) is 16.9 Å². The van der Waals surface area contributed by atoms with E-state index in [1.807, 2.05) is 61.5 Å². The number of fused-ring (bicyclic) bond motifs is 2. The van der Waals surface area contributed by atoms with Crippen LogP contribution in [0.15, 0.2) is 72.8 Å². The number of anilines is 1. The first kappa shape index (κ1) is 19.7. The second-order valence-electron chi connectivity index (χ2n) is 7.91. The lowest BCUT2D eigenvalue weighted by Crippen LogP contribution is -2.42. The molecular weight excluding hydrogens is 411 g/mol. The van der Waals surface area contributed by atoms with Gasteiger partial charge in [-0.15, -0.1) is 0 Å². The molecule has 5 rings (SSSR count). The van der Waals surface area contributed by atoms with Crippen LogP contribution in [-0.2, 0) is 6.42 Å². The van der Waals surface area contributed by atoms with Gasteiger partial charge in [-0.25, -0.2) is 9.37 Å². The smallest absolute Gasteiger partial charge is 0.259 e. The van der Waals surface area contributed by atoms with Gasteiger partial charge in [0.1, 0.15) is 5.82 Å². The molecule has 5 heteroatoms. The maximum Gasteiger partial charge on any atom is 0.259 e. The number of amides is 1. The molecule has 3 nitrogen and oxygen atoms in total. The highest BCUT2D eigenvalue weighted by atomic mass is 35.5. The first-order valence-corrected chi connectivity index (χ1v) is 10.7. The molecule has 3 aromatic carbocycles. The van der Waals surface area contributed by atoms with Gasteiger partial charge >= 0.3 is 0 Å². The number of para-hydroxylation sites is 1. The van der Waals surface area contributed by atoms with Gasteiger partial charge in [-0.1, -0.05) is 41.9 Å². The summed E-state index contributed by atoms with van der Waals surface area (Å²) in [6.07, 6.45) is 1.54. The van der Waals surface area contributed by atoms with E-state index in [0.717, 1.165) is 40.6 Å². The van der Waals surface area contributed by atoms with E-state index in [2.05, 4.69) is 0 Å². The quantitative estimate of drug-likeness (QED) is 0.355. The Morgan fingerprint density at radius 3 is 2.65 bits per heavy atom. The third-order valence-corrected chi connectivity index (χ3v) is 6.13. The highest BCUT2D eigenvalue weighted by molar-refractivity contribution is 6.30. The number of aromatic nitrogens is 1. The minimum Gasteiger partial charge on any atom is -0.305 e. The summed E-state index contributed by atoms with van der Waals surface area (Å²) >= 11 is 6.04. The SMILES string of the molecule is CC1CCc2cc(F)ccc2N1C(=O)c1cc(-c2ccc(Cl)cc2)nc2ccccc12. The van der Waals surface area contributed by atoms with E-state index in [1.54, 1.807) is 11.0 Å². The first-order chi connectivity index (χ1) is 15.0. The predicted octanol–water partition coefficient (Wildman–Crippen LogP) is 6.68. The highest BCUT2D eigenvalue weighted by Gasteiger charge is 2.30. The highest BCUT2D eigenvalue weighted by Crippen LogP contribution is 2.34. The van der Waals surface area contributed by atoms with Gasteiger partial charge in [-0.2, -0.15) is 0 Å². The van der Waals surface area contributed by atoms with Crippen molar-refractivity contribution < 1.29 is 9.18 Å². The van der Waals surface area contributed by atoms with Crippen LogP contribution in [0.3, 0.4) is 0 Å². The number of nitrogens with zero attached hydrogens (tertiary/aromatic N) is 2. The van der Waals surface area contributed by atoms with E-state index in [4.69, 9.17) is 16.6 Å². The number of hydrogen-bond acceptors (Lipinski definition) is 2. The molecular formula is C26H20ClFN2O. The fourth-order valence-corrected chi connectivity index (χ4v) is 4.41. The fraction of sp³-hybridized carbons (Fsp3) is 0.154. The van der Waals surface area contributed by atoms with Crippen LogP contribution < -0.4 is 4.90 Å². The number of halogens is 2. The number of pyridine rings is 1. The molecule has 0 N–H and O–H groups in total. The molecule has 0 saturated carbocycles. The van der Waals surface area contributed by atoms with Gasteiger partial charge in [0, 0.05) is 27.7 Å². The molecule has 1 aromatic heterocycles. The summed E-state index contributed by atoms with van der Waals surface area (Å²) < 4.78 is 13.8. The lowest BCUT2D eigenvalue weighted by atomic mass is 9.94. The predicted molar refractivity (Wildman–Crippen MR) is 123 cm³/mol. The molecule has 0 fully saturated rings. The Morgan fingerprint density at radius 1 is 1.06 bits per heavy atom. The minimum absolute atomic E-state index is 0.0105. The molecule has 2 heterocycles. The zero-order valence-electron chi connectivity index (χ0n) is 17.0. The van der Waals surface area contributed by atoms with E-state index >= 15 is 0 Å². The summed E-state index contributed by atoms with van der Waals surface area (Å²) in [6, 6.07) is 21.6. The van der Waals surface area contributed by atoms with Crippen molar-refractivity contribution in [1.29, 1.82) is 0 Å². The van der Waals surface area contributed by atoms with Crippen LogP contribution >= 0.6 is 11.6 Å². The monoisotopic (exact) mass is 430 g/mol. The molecule has 0 saturated heterocycles. The Kier molecular flexibility index (Phi) is 4.95. The van der Waals surface area contributed by atoms with Crippen molar-refractivity contribution in [2.45, 2.75) is 25.8 Å². The Labute approximate surface area is 185 Å². The average Bonchev–Trinajstić information content (AvgIpc) is 2.78. The molecule has 0 bridgehead atoms. The number of carbonyl (C=O) groups excluding carboxylic acids is 1. The summed E-state index contributed by atoms with van der Waals surface area (Å²) in [5.74, 6) is -0.381. The Morgan fingerprint density at radius 2 is 1.84 bits per heavy atom. The van der Waals surface area contributed by atoms with E-state index in [9.17, 15) is 9.18 Å². The number of carbonyl (C=O) groups is 1. The normalized spacial score (nSPS) is 15.7. The van der Waals surface area contributed by atoms with Gasteiger partial charge < -0.3 is 4.90 Å². The Bertz CT molecular complexity index is 1300. The van der Waals surface area contributed by atoms with Gasteiger partial charge in [0.05, 0.1) is 16.8 Å². The summed E-state index contributed by atoms with van der Waals surface area (Å²) in [6.45, 7) is 2.04. The van der Waals surface area contributed by atoms with Crippen LogP contribution in [0.4, 0.5) is 10.1 Å². The number of benzene rings is 3. The molecule has 154 valence electrons. The third-order valence-electron chi connectivity index (χ3n) is 5.88. The van der Waals surface area contributed by atoms with Gasteiger partial charge in [-0.3, -0.25) is 4.79 Å². The maximum absolute atomic E-state index is 13.9. The number of hydrogen-bond donors (Lipinski definition) is 0. The maximum atomic E-state index is 13.9. The molecule has 1 aliphatic heterocycles. The summed E-state index contributed by atoms with van der Waals surface area (Å²) in [7, 11) is 0. The minimum atomic E-state index is -0.278. The van der Waals surface area contributed by atoms with Gasteiger partial charge in [0.2, 0.25) is 0 Å². The van der Waals surface area contributed by atoms with Crippen molar-refractivity contribution in [2.24, 2.45) is 0 Å². The molecule has 1 amide bonds. The lowest BCUT2D eigenvalue weighted by molar-refractivity contribution is 0.0976. The van der Waals surface area contributed by atoms with Gasteiger partial charge in [0.15, 0.2) is 0 Å². The van der Waals surface area contributed by atoms with Crippen molar-refractivity contribution in [2.75, 3.05) is 4.90 Å². The van der Waals surface area contributed by atoms with Crippen molar-refractivity contribution in [3.63, 3.8) is 0 Å². The zero-order valence-corrected chi connectivity index (χ0v) is 17.7. The van der Waals surface area contributed by atoms with E-state index < -0.39 is 0 Å². The van der Waals surface area contributed by atoms with Crippen LogP contribution in [0.5, 0.6) is 0 Å². The van der Waals surface area contributed by atoms with Crippen molar-refractivity contribution in [3.8, 4) is 11.3 Å². The Balaban J connectivity index is 1.68. The second-order valence-corrected chi connectivity index (χ2v) is 8.35. The lowest BCUT2D eigenvalue weighted by Gasteiger charge is -2.35. The van der Waals surface area contributed by atoms with Crippen molar-refractivity contribution in [1.82, 2.24) is 4.98 Å². The number of aryl methyl sites for hydroxylation is 1. The largest absolute Gasteiger partial charge is 0.305 e. The number of rotatable bonds is 2. The molecule has 0 aliphatic carbocycles. The van der Waals surface area contributed by atoms with E-state index in [0.29, 0.717) is 16.3 Å². The second kappa shape index (κ2) is 7.78. The summed E-state index contributed by atoms with van der Waals surface area (Å²) in [4.78, 5) is 20.5. The van der Waals surface area contributed by atoms with E-state index in [-0.39, 0.29) is 17.8 Å². The third kappa shape index (κ3) is 3.57. The molecule has 1 unspecified atom stereocenters. The van der Waals surface area contributed by atoms with Crippen LogP contribution in [0, 0.1) is 5.82 Å². The Hall–Kier alpha value is -3.24. The summed E-state index contributed by atoms with van der Waals surface area (Å²) in [5, 5.41) is 1.44. The average molecular weight is 431 g/mol. The topological polar surface area (TPSA) is 33.2 Å². The van der Waals surface area contributed by atoms with Gasteiger partial charge in [0.25, 0.3) is 5.91 Å². The van der Waals surface area contributed by atoms with Crippen LogP contribution in [0.1, 0.15) is 29.3 Å². The van der Waals surface area contributed by atoms with Crippen LogP contribution in [0.25, 0.3) is 22.2 Å². The molecule has 0 radical (unpaired) electrons.